The molecule has 0 unspecified atom stereocenters. The van der Waals surface area contributed by atoms with E-state index in [1.165, 1.54) is 12.1 Å². The largest absolute Gasteiger partial charge is 0.493 e. The number of benzene rings is 1. The van der Waals surface area contributed by atoms with Crippen molar-refractivity contribution in [1.82, 2.24) is 0 Å². The molecule has 17 heavy (non-hydrogen) atoms. The molecule has 0 atom stereocenters. The van der Waals surface area contributed by atoms with Crippen LogP contribution >= 0.6 is 0 Å². The molecule has 1 aromatic rings. The van der Waals surface area contributed by atoms with Crippen LogP contribution in [0.3, 0.4) is 0 Å². The molecule has 0 radical (unpaired) electrons. The van der Waals surface area contributed by atoms with Crippen molar-refractivity contribution in [3.8, 4) is 5.75 Å². The van der Waals surface area contributed by atoms with E-state index in [0.717, 1.165) is 26.1 Å². The molecule has 0 aromatic heterocycles. The van der Waals surface area contributed by atoms with Gasteiger partial charge in [-0.05, 0) is 37.0 Å². The van der Waals surface area contributed by atoms with Crippen molar-refractivity contribution < 1.29 is 19.0 Å². The predicted molar refractivity (Wildman–Crippen MR) is 61.4 cm³/mol. The molecule has 1 N–H and O–H groups in total. The Morgan fingerprint density at radius 3 is 2.82 bits per heavy atom. The first-order valence-electron chi connectivity index (χ1n) is 5.89. The Morgan fingerprint density at radius 2 is 2.12 bits per heavy atom. The minimum Gasteiger partial charge on any atom is -0.493 e. The van der Waals surface area contributed by atoms with Gasteiger partial charge in [0.25, 0.3) is 0 Å². The third-order valence-electron chi connectivity index (χ3n) is 3.01. The third-order valence-corrected chi connectivity index (χ3v) is 3.01. The van der Waals surface area contributed by atoms with Crippen molar-refractivity contribution in [1.29, 1.82) is 0 Å². The predicted octanol–water partition coefficient (Wildman–Crippen LogP) is 2.12. The van der Waals surface area contributed by atoms with Gasteiger partial charge in [0.1, 0.15) is 11.6 Å². The van der Waals surface area contributed by atoms with Crippen LogP contribution in [0, 0.1) is 11.7 Å². The normalized spacial score (nSPS) is 17.1. The highest BCUT2D eigenvalue weighted by Crippen LogP contribution is 2.22. The van der Waals surface area contributed by atoms with Crippen LogP contribution in [0.25, 0.3) is 0 Å². The zero-order valence-corrected chi connectivity index (χ0v) is 9.69. The number of ether oxygens (including phenoxy) is 2. The monoisotopic (exact) mass is 240 g/mol. The van der Waals surface area contributed by atoms with E-state index in [0.29, 0.717) is 23.8 Å². The topological polar surface area (TPSA) is 38.7 Å². The number of aliphatic hydroxyl groups is 1. The number of halogens is 1. The summed E-state index contributed by atoms with van der Waals surface area (Å²) in [6.45, 7) is 1.96. The second-order valence-corrected chi connectivity index (χ2v) is 4.28. The minimum absolute atomic E-state index is 0.207. The van der Waals surface area contributed by atoms with Crippen LogP contribution in [0.5, 0.6) is 5.75 Å². The highest BCUT2D eigenvalue weighted by Gasteiger charge is 2.15. The molecule has 1 aliphatic rings. The molecule has 1 heterocycles. The molecule has 1 fully saturated rings. The quantitative estimate of drug-likeness (QED) is 0.876. The molecular weight excluding hydrogens is 223 g/mol. The van der Waals surface area contributed by atoms with E-state index in [9.17, 15) is 4.39 Å². The molecular formula is C13H17FO3. The van der Waals surface area contributed by atoms with Gasteiger partial charge in [0.05, 0.1) is 13.2 Å². The Labute approximate surface area is 100 Å². The van der Waals surface area contributed by atoms with Gasteiger partial charge in [-0.2, -0.15) is 0 Å². The van der Waals surface area contributed by atoms with Gasteiger partial charge in [-0.3, -0.25) is 0 Å². The molecule has 0 saturated carbocycles. The first-order valence-corrected chi connectivity index (χ1v) is 5.89. The Hall–Kier alpha value is -1.13. The second-order valence-electron chi connectivity index (χ2n) is 4.28. The lowest BCUT2D eigenvalue weighted by Crippen LogP contribution is -2.21. The number of rotatable bonds is 4. The second kappa shape index (κ2) is 5.98. The van der Waals surface area contributed by atoms with E-state index in [-0.39, 0.29) is 12.4 Å². The summed E-state index contributed by atoms with van der Waals surface area (Å²) in [7, 11) is 0. The summed E-state index contributed by atoms with van der Waals surface area (Å²) in [5, 5.41) is 9.11. The fourth-order valence-corrected chi connectivity index (χ4v) is 1.93. The van der Waals surface area contributed by atoms with Gasteiger partial charge in [-0.25, -0.2) is 4.39 Å². The van der Waals surface area contributed by atoms with Crippen molar-refractivity contribution in [3.63, 3.8) is 0 Å². The zero-order chi connectivity index (χ0) is 12.1. The van der Waals surface area contributed by atoms with Crippen molar-refractivity contribution in [2.75, 3.05) is 19.8 Å². The molecule has 0 bridgehead atoms. The van der Waals surface area contributed by atoms with Crippen LogP contribution in [0.4, 0.5) is 4.39 Å². The highest BCUT2D eigenvalue weighted by atomic mass is 19.1. The summed E-state index contributed by atoms with van der Waals surface area (Å²) in [6.07, 6.45) is 1.99. The van der Waals surface area contributed by atoms with Crippen LogP contribution < -0.4 is 4.74 Å². The summed E-state index contributed by atoms with van der Waals surface area (Å²) < 4.78 is 23.9. The highest BCUT2D eigenvalue weighted by molar-refractivity contribution is 5.33. The van der Waals surface area contributed by atoms with Gasteiger partial charge in [0.2, 0.25) is 0 Å². The van der Waals surface area contributed by atoms with Crippen molar-refractivity contribution in [3.05, 3.63) is 29.6 Å². The fourth-order valence-electron chi connectivity index (χ4n) is 1.93. The minimum atomic E-state index is -0.354. The van der Waals surface area contributed by atoms with Crippen molar-refractivity contribution >= 4 is 0 Å². The molecule has 1 aliphatic heterocycles. The first-order chi connectivity index (χ1) is 8.29. The summed E-state index contributed by atoms with van der Waals surface area (Å²) >= 11 is 0. The van der Waals surface area contributed by atoms with Crippen LogP contribution in [-0.2, 0) is 11.3 Å². The van der Waals surface area contributed by atoms with Gasteiger partial charge in [-0.1, -0.05) is 0 Å². The average Bonchev–Trinajstić information content (AvgIpc) is 2.38. The zero-order valence-electron chi connectivity index (χ0n) is 9.69. The van der Waals surface area contributed by atoms with Gasteiger partial charge in [0, 0.05) is 18.8 Å². The van der Waals surface area contributed by atoms with Crippen LogP contribution in [0.15, 0.2) is 18.2 Å². The number of hydrogen-bond acceptors (Lipinski definition) is 3. The maximum Gasteiger partial charge on any atom is 0.125 e. The van der Waals surface area contributed by atoms with E-state index < -0.39 is 0 Å². The SMILES string of the molecule is OCc1cc(F)ccc1OCC1CCOCC1. The fraction of sp³-hybridized carbons (Fsp3) is 0.538. The van der Waals surface area contributed by atoms with Gasteiger partial charge < -0.3 is 14.6 Å². The molecule has 2 rings (SSSR count). The van der Waals surface area contributed by atoms with Crippen LogP contribution in [-0.4, -0.2) is 24.9 Å². The third kappa shape index (κ3) is 3.41. The van der Waals surface area contributed by atoms with Gasteiger partial charge in [0.15, 0.2) is 0 Å². The van der Waals surface area contributed by atoms with E-state index in [1.54, 1.807) is 6.07 Å². The van der Waals surface area contributed by atoms with E-state index in [1.807, 2.05) is 0 Å². The number of hydrogen-bond donors (Lipinski definition) is 1. The maximum absolute atomic E-state index is 12.9. The molecule has 0 aliphatic carbocycles. The van der Waals surface area contributed by atoms with Crippen molar-refractivity contribution in [2.24, 2.45) is 5.92 Å². The van der Waals surface area contributed by atoms with Gasteiger partial charge in [-0.15, -0.1) is 0 Å². The Morgan fingerprint density at radius 1 is 1.35 bits per heavy atom. The standard InChI is InChI=1S/C13H17FO3/c14-12-1-2-13(11(7-12)8-15)17-9-10-3-5-16-6-4-10/h1-2,7,10,15H,3-6,8-9H2. The van der Waals surface area contributed by atoms with Gasteiger partial charge >= 0.3 is 0 Å². The maximum atomic E-state index is 12.9. The van der Waals surface area contributed by atoms with Crippen molar-refractivity contribution in [2.45, 2.75) is 19.4 Å². The summed E-state index contributed by atoms with van der Waals surface area (Å²) in [5.74, 6) is 0.702. The molecule has 0 amide bonds. The first kappa shape index (κ1) is 12.3. The lowest BCUT2D eigenvalue weighted by molar-refractivity contribution is 0.0494. The summed E-state index contributed by atoms with van der Waals surface area (Å²) in [6, 6.07) is 4.22. The molecule has 1 saturated heterocycles. The Bertz CT molecular complexity index is 362. The smallest absolute Gasteiger partial charge is 0.125 e. The molecule has 0 spiro atoms. The van der Waals surface area contributed by atoms with Crippen LogP contribution in [0.2, 0.25) is 0 Å². The average molecular weight is 240 g/mol. The lowest BCUT2D eigenvalue weighted by Gasteiger charge is -2.22. The van der Waals surface area contributed by atoms with E-state index in [4.69, 9.17) is 14.6 Å². The summed E-state index contributed by atoms with van der Waals surface area (Å²) in [5.41, 5.74) is 0.497. The molecule has 1 aromatic carbocycles. The van der Waals surface area contributed by atoms with E-state index in [2.05, 4.69) is 0 Å². The Kier molecular flexibility index (Phi) is 4.34. The molecule has 94 valence electrons. The number of aliphatic hydroxyl groups excluding tert-OH is 1. The van der Waals surface area contributed by atoms with E-state index >= 15 is 0 Å². The molecule has 3 nitrogen and oxygen atoms in total. The lowest BCUT2D eigenvalue weighted by atomic mass is 10.0. The summed E-state index contributed by atoms with van der Waals surface area (Å²) in [4.78, 5) is 0. The molecule has 4 heteroatoms. The Balaban J connectivity index is 1.93. The van der Waals surface area contributed by atoms with Crippen LogP contribution in [0.1, 0.15) is 18.4 Å².